The quantitative estimate of drug-likeness (QED) is 0.132. The predicted molar refractivity (Wildman–Crippen MR) is 188 cm³/mol. The van der Waals surface area contributed by atoms with Gasteiger partial charge in [0.25, 0.3) is 0 Å². The first-order valence-corrected chi connectivity index (χ1v) is 17.1. The second-order valence-corrected chi connectivity index (χ2v) is 14.7. The number of para-hydroxylation sites is 2. The minimum absolute atomic E-state index is 0.289. The van der Waals surface area contributed by atoms with Crippen LogP contribution in [0.2, 0.25) is 0 Å². The zero-order chi connectivity index (χ0) is 37.7. The Morgan fingerprint density at radius 1 is 0.875 bits per heavy atom. The van der Waals surface area contributed by atoms with Gasteiger partial charge in [0, 0.05) is 20.5 Å². The first kappa shape index (κ1) is 22.8. The Hall–Kier alpha value is -4.73. The summed E-state index contributed by atoms with van der Waals surface area (Å²) >= 11 is 2.04. The smallest absolute Gasteiger partial charge is 0.0229 e. The van der Waals surface area contributed by atoms with Gasteiger partial charge >= 0.3 is 197 Å². The van der Waals surface area contributed by atoms with E-state index in [2.05, 4.69) is 55.5 Å². The molecular formula is C42H32N4OPt-2. The topological polar surface area (TPSA) is 36.4 Å². The minimum Gasteiger partial charge on any atom is -0.0619 e. The maximum Gasteiger partial charge on any atom is 0.0229 e. The van der Waals surface area contributed by atoms with E-state index in [1.54, 1.807) is 18.2 Å². The predicted octanol–water partition coefficient (Wildman–Crippen LogP) is 9.47. The molecule has 3 aromatic heterocycles. The molecule has 0 saturated heterocycles. The number of aryl methyl sites for hydroxylation is 2. The SMILES string of the molecule is [2H]C([2H])([2H])c1ccc2c3c1c1ccc(Oc4[c-]c(-n5[c](=[Pt])n(C([2H])([2H])[2H])c6ccccc65)ccc4)[c-]c1c1nc4c(n13)C(C)(Cc1ccccc1-4)C2(C)C. The molecule has 0 bridgehead atoms. The molecule has 238 valence electrons. The van der Waals surface area contributed by atoms with Gasteiger partial charge in [-0.1, -0.05) is 57.2 Å². The molecule has 0 radical (unpaired) electrons. The molecule has 1 aliphatic heterocycles. The van der Waals surface area contributed by atoms with Crippen molar-refractivity contribution in [3.05, 3.63) is 129 Å². The maximum atomic E-state index is 8.62. The third-order valence-corrected chi connectivity index (χ3v) is 12.0. The normalized spacial score (nSPS) is 19.9. The standard InChI is InChI=1S/C42H32N4O.Pt/c1-25-17-20-33-38-36(25)31-19-18-29(47-28-13-10-12-27(21-28)45-24-44(5)34-15-8-9-16-35(34)45)22-32(31)40-43-37-30-14-7-6-11-26(30)23-42(4,41(33,2)3)39(37)46(38)40;/h6-20H,23H2,1-5H3;/q-2;/i1D3,5D3;. The molecule has 0 amide bonds. The van der Waals surface area contributed by atoms with Crippen molar-refractivity contribution in [3.63, 3.8) is 0 Å². The molecular weight excluding hydrogens is 772 g/mol. The van der Waals surface area contributed by atoms with Gasteiger partial charge in [-0.25, -0.2) is 0 Å². The van der Waals surface area contributed by atoms with E-state index in [0.717, 1.165) is 45.4 Å². The van der Waals surface area contributed by atoms with Crippen LogP contribution in [0.5, 0.6) is 11.5 Å². The second-order valence-electron chi connectivity index (χ2n) is 13.7. The molecule has 5 aromatic carbocycles. The Kier molecular flexibility index (Phi) is 4.48. The number of hydrogen-bond acceptors (Lipinski definition) is 2. The average Bonchev–Trinajstić information content (AvgIpc) is 3.67. The van der Waals surface area contributed by atoms with Gasteiger partial charge in [-0.05, 0) is 24.4 Å². The number of pyridine rings is 1. The molecule has 5 nitrogen and oxygen atoms in total. The zero-order valence-corrected chi connectivity index (χ0v) is 28.7. The fourth-order valence-electron chi connectivity index (χ4n) is 8.30. The van der Waals surface area contributed by atoms with Crippen molar-refractivity contribution in [1.29, 1.82) is 0 Å². The van der Waals surface area contributed by atoms with Gasteiger partial charge in [0.05, 0.1) is 0 Å². The summed E-state index contributed by atoms with van der Waals surface area (Å²) in [6.07, 6.45) is 0.817. The van der Waals surface area contributed by atoms with Crippen molar-refractivity contribution in [1.82, 2.24) is 18.5 Å². The Balaban J connectivity index is 1.21. The first-order chi connectivity index (χ1) is 25.6. The van der Waals surface area contributed by atoms with Crippen LogP contribution < -0.4 is 4.74 Å². The molecule has 10 rings (SSSR count). The molecule has 48 heavy (non-hydrogen) atoms. The van der Waals surface area contributed by atoms with E-state index < -0.39 is 13.8 Å². The van der Waals surface area contributed by atoms with E-state index in [9.17, 15) is 0 Å². The van der Waals surface area contributed by atoms with Crippen LogP contribution in [-0.4, -0.2) is 18.5 Å². The number of rotatable bonds is 3. The summed E-state index contributed by atoms with van der Waals surface area (Å²) in [5.41, 5.74) is 8.53. The first-order valence-electron chi connectivity index (χ1n) is 19.0. The van der Waals surface area contributed by atoms with Crippen molar-refractivity contribution >= 4 is 38.4 Å². The molecule has 1 aliphatic carbocycles. The van der Waals surface area contributed by atoms with Gasteiger partial charge < -0.3 is 0 Å². The van der Waals surface area contributed by atoms with Crippen LogP contribution in [0.4, 0.5) is 0 Å². The van der Waals surface area contributed by atoms with Crippen molar-refractivity contribution in [2.24, 2.45) is 6.98 Å². The van der Waals surface area contributed by atoms with E-state index in [1.807, 2.05) is 78.5 Å². The summed E-state index contributed by atoms with van der Waals surface area (Å²) in [6.45, 7) is 2.12. The number of benzene rings is 5. The molecule has 0 saturated carbocycles. The maximum absolute atomic E-state index is 8.62. The number of aromatic nitrogens is 4. The van der Waals surface area contributed by atoms with Gasteiger partial charge in [-0.15, -0.1) is 0 Å². The fraction of sp³-hybridized carbons (Fsp3) is 0.190. The molecule has 1 atom stereocenters. The van der Waals surface area contributed by atoms with E-state index in [1.165, 1.54) is 10.1 Å². The van der Waals surface area contributed by atoms with Crippen molar-refractivity contribution < 1.29 is 32.3 Å². The third-order valence-electron chi connectivity index (χ3n) is 11.0. The molecule has 1 unspecified atom stereocenters. The van der Waals surface area contributed by atoms with Crippen LogP contribution in [0.15, 0.2) is 91.0 Å². The van der Waals surface area contributed by atoms with E-state index in [0.29, 0.717) is 42.9 Å². The van der Waals surface area contributed by atoms with Crippen LogP contribution in [0, 0.1) is 22.8 Å². The Labute approximate surface area is 297 Å². The van der Waals surface area contributed by atoms with Crippen molar-refractivity contribution in [3.8, 4) is 28.4 Å². The molecule has 2 aliphatic rings. The number of imidazole rings is 2. The van der Waals surface area contributed by atoms with Gasteiger partial charge in [-0.3, -0.25) is 0 Å². The molecule has 0 spiro atoms. The van der Waals surface area contributed by atoms with Crippen molar-refractivity contribution in [2.75, 3.05) is 0 Å². The average molecular weight is 810 g/mol. The van der Waals surface area contributed by atoms with Gasteiger partial charge in [0.1, 0.15) is 0 Å². The van der Waals surface area contributed by atoms with Gasteiger partial charge in [-0.2, -0.15) is 0 Å². The van der Waals surface area contributed by atoms with Crippen LogP contribution in [-0.2, 0) is 43.6 Å². The summed E-state index contributed by atoms with van der Waals surface area (Å²) in [6, 6.07) is 35.7. The monoisotopic (exact) mass is 809 g/mol. The van der Waals surface area contributed by atoms with Crippen molar-refractivity contribution in [2.45, 2.75) is 44.9 Å². The largest absolute Gasteiger partial charge is 0.0619 e. The third kappa shape index (κ3) is 3.45. The molecule has 4 heterocycles. The Bertz CT molecular complexity index is 3010. The molecule has 0 fully saturated rings. The fourth-order valence-corrected chi connectivity index (χ4v) is 9.12. The zero-order valence-electron chi connectivity index (χ0n) is 32.4. The van der Waals surface area contributed by atoms with Crippen LogP contribution >= 0.6 is 0 Å². The van der Waals surface area contributed by atoms with E-state index in [4.69, 9.17) is 17.9 Å². The number of nitrogens with zero attached hydrogens (tertiary/aromatic N) is 4. The molecule has 8 aromatic rings. The van der Waals surface area contributed by atoms with Crippen LogP contribution in [0.1, 0.15) is 51.4 Å². The minimum atomic E-state index is -2.38. The number of hydrogen-bond donors (Lipinski definition) is 0. The van der Waals surface area contributed by atoms with Crippen LogP contribution in [0.3, 0.4) is 0 Å². The Morgan fingerprint density at radius 3 is 2.54 bits per heavy atom. The number of ether oxygens (including phenoxy) is 1. The molecule has 0 N–H and O–H groups in total. The second kappa shape index (κ2) is 9.45. The van der Waals surface area contributed by atoms with E-state index >= 15 is 0 Å². The van der Waals surface area contributed by atoms with Crippen LogP contribution in [0.25, 0.3) is 55.3 Å². The molecule has 6 heteroatoms. The van der Waals surface area contributed by atoms with E-state index in [-0.39, 0.29) is 16.4 Å². The van der Waals surface area contributed by atoms with Gasteiger partial charge in [0.2, 0.25) is 0 Å². The Morgan fingerprint density at radius 2 is 1.69 bits per heavy atom. The summed E-state index contributed by atoms with van der Waals surface area (Å²) in [4.78, 5) is 5.40. The summed E-state index contributed by atoms with van der Waals surface area (Å²) in [7, 11) is 0. The number of fused-ring (bicyclic) bond motifs is 6. The summed E-state index contributed by atoms with van der Waals surface area (Å²) in [5.74, 6) is 0.821. The van der Waals surface area contributed by atoms with Gasteiger partial charge in [0.15, 0.2) is 0 Å². The summed E-state index contributed by atoms with van der Waals surface area (Å²) in [5, 5.41) is 2.09. The summed E-state index contributed by atoms with van der Waals surface area (Å²) < 4.78 is 62.9.